The Morgan fingerprint density at radius 1 is 0.903 bits per heavy atom. The first-order chi connectivity index (χ1) is 14.8. The first-order valence-electron chi connectivity index (χ1n) is 9.97. The topological polar surface area (TPSA) is 84.8 Å². The smallest absolute Gasteiger partial charge is 0.251 e. The van der Waals surface area contributed by atoms with Crippen molar-refractivity contribution in [1.82, 2.24) is 5.32 Å². The van der Waals surface area contributed by atoms with Gasteiger partial charge in [-0.25, -0.2) is 8.42 Å². The SMILES string of the molecule is C[NH+](C)[C@H](CNC(=O)c1ccc2c(c1)S(=O)(=O)c1ccccc1C2=O)c1ccccc1. The van der Waals surface area contributed by atoms with E-state index in [0.717, 1.165) is 10.5 Å². The average molecular weight is 436 g/mol. The first-order valence-corrected chi connectivity index (χ1v) is 11.4. The fourth-order valence-corrected chi connectivity index (χ4v) is 5.54. The summed E-state index contributed by atoms with van der Waals surface area (Å²) in [6, 6.07) is 20.3. The summed E-state index contributed by atoms with van der Waals surface area (Å²) >= 11 is 0. The summed E-state index contributed by atoms with van der Waals surface area (Å²) < 4.78 is 26.1. The van der Waals surface area contributed by atoms with Crippen molar-refractivity contribution in [2.24, 2.45) is 0 Å². The molecule has 1 amide bonds. The predicted octanol–water partition coefficient (Wildman–Crippen LogP) is 1.68. The van der Waals surface area contributed by atoms with E-state index in [0.29, 0.717) is 6.54 Å². The number of amides is 1. The summed E-state index contributed by atoms with van der Waals surface area (Å²) in [7, 11) is 0.142. The molecule has 31 heavy (non-hydrogen) atoms. The Bertz CT molecular complexity index is 1270. The van der Waals surface area contributed by atoms with Gasteiger partial charge in [0.25, 0.3) is 5.91 Å². The maximum Gasteiger partial charge on any atom is 0.251 e. The second-order valence-corrected chi connectivity index (χ2v) is 9.68. The van der Waals surface area contributed by atoms with Gasteiger partial charge in [0.2, 0.25) is 9.84 Å². The van der Waals surface area contributed by atoms with Crippen LogP contribution in [0.25, 0.3) is 0 Å². The Kier molecular flexibility index (Phi) is 5.47. The minimum absolute atomic E-state index is 0.0228. The molecule has 0 aromatic heterocycles. The van der Waals surface area contributed by atoms with Crippen LogP contribution < -0.4 is 10.2 Å². The van der Waals surface area contributed by atoms with Gasteiger partial charge in [-0.2, -0.15) is 0 Å². The lowest BCUT2D eigenvalue weighted by Gasteiger charge is -2.22. The van der Waals surface area contributed by atoms with Crippen molar-refractivity contribution in [3.05, 3.63) is 95.1 Å². The molecule has 0 radical (unpaired) electrons. The summed E-state index contributed by atoms with van der Waals surface area (Å²) in [6.07, 6.45) is 0. The highest BCUT2D eigenvalue weighted by Gasteiger charge is 2.35. The van der Waals surface area contributed by atoms with Crippen LogP contribution in [-0.4, -0.2) is 40.7 Å². The molecule has 7 heteroatoms. The summed E-state index contributed by atoms with van der Waals surface area (Å²) in [5.41, 5.74) is 1.55. The van der Waals surface area contributed by atoms with Crippen molar-refractivity contribution in [3.8, 4) is 0 Å². The molecule has 0 bridgehead atoms. The maximum atomic E-state index is 13.1. The van der Waals surface area contributed by atoms with Crippen LogP contribution in [0.2, 0.25) is 0 Å². The minimum atomic E-state index is -3.88. The number of carbonyl (C=O) groups is 2. The molecule has 0 aliphatic carbocycles. The Labute approximate surface area is 181 Å². The average Bonchev–Trinajstić information content (AvgIpc) is 2.78. The normalized spacial score (nSPS) is 15.1. The molecule has 1 heterocycles. The van der Waals surface area contributed by atoms with Gasteiger partial charge in [0.05, 0.1) is 30.4 Å². The van der Waals surface area contributed by atoms with Gasteiger partial charge in [-0.1, -0.05) is 42.5 Å². The third-order valence-electron chi connectivity index (χ3n) is 5.56. The second-order valence-electron chi connectivity index (χ2n) is 7.79. The molecule has 4 rings (SSSR count). The van der Waals surface area contributed by atoms with Gasteiger partial charge in [0.15, 0.2) is 5.78 Å². The molecule has 158 valence electrons. The van der Waals surface area contributed by atoms with Gasteiger partial charge in [-0.05, 0) is 30.3 Å². The number of quaternary nitrogens is 1. The molecule has 0 saturated heterocycles. The Morgan fingerprint density at radius 3 is 2.26 bits per heavy atom. The highest BCUT2D eigenvalue weighted by Crippen LogP contribution is 2.34. The van der Waals surface area contributed by atoms with E-state index in [4.69, 9.17) is 0 Å². The van der Waals surface area contributed by atoms with Crippen molar-refractivity contribution in [2.45, 2.75) is 15.8 Å². The molecular formula is C24H23N2O4S+. The van der Waals surface area contributed by atoms with Crippen LogP contribution in [0.4, 0.5) is 0 Å². The Morgan fingerprint density at radius 2 is 1.55 bits per heavy atom. The highest BCUT2D eigenvalue weighted by molar-refractivity contribution is 7.91. The van der Waals surface area contributed by atoms with Crippen LogP contribution in [0.5, 0.6) is 0 Å². The van der Waals surface area contributed by atoms with Crippen molar-refractivity contribution < 1.29 is 22.9 Å². The molecule has 3 aromatic carbocycles. The lowest BCUT2D eigenvalue weighted by molar-refractivity contribution is -0.890. The zero-order valence-electron chi connectivity index (χ0n) is 17.3. The van der Waals surface area contributed by atoms with Gasteiger partial charge in [-0.15, -0.1) is 0 Å². The molecule has 0 saturated carbocycles. The molecule has 0 fully saturated rings. The van der Waals surface area contributed by atoms with Gasteiger partial charge in [-0.3, -0.25) is 9.59 Å². The van der Waals surface area contributed by atoms with Gasteiger partial charge < -0.3 is 10.2 Å². The molecule has 1 aliphatic heterocycles. The maximum absolute atomic E-state index is 13.1. The van der Waals surface area contributed by atoms with E-state index < -0.39 is 9.84 Å². The molecule has 6 nitrogen and oxygen atoms in total. The van der Waals surface area contributed by atoms with E-state index in [1.165, 1.54) is 30.3 Å². The number of likely N-dealkylation sites (N-methyl/N-ethyl adjacent to an activating group) is 1. The van der Waals surface area contributed by atoms with Crippen molar-refractivity contribution >= 4 is 21.5 Å². The lowest BCUT2D eigenvalue weighted by atomic mass is 10.0. The molecule has 1 atom stereocenters. The summed E-state index contributed by atoms with van der Waals surface area (Å²) in [5, 5.41) is 2.90. The number of benzene rings is 3. The fraction of sp³-hybridized carbons (Fsp3) is 0.167. The van der Waals surface area contributed by atoms with E-state index in [2.05, 4.69) is 5.32 Å². The summed E-state index contributed by atoms with van der Waals surface area (Å²) in [4.78, 5) is 26.6. The quantitative estimate of drug-likeness (QED) is 0.500. The fourth-order valence-electron chi connectivity index (χ4n) is 3.86. The predicted molar refractivity (Wildman–Crippen MR) is 116 cm³/mol. The van der Waals surface area contributed by atoms with Crippen molar-refractivity contribution in [1.29, 1.82) is 0 Å². The second kappa shape index (κ2) is 8.09. The monoisotopic (exact) mass is 435 g/mol. The van der Waals surface area contributed by atoms with Crippen LogP contribution in [0.1, 0.15) is 37.9 Å². The summed E-state index contributed by atoms with van der Waals surface area (Å²) in [5.74, 6) is -0.737. The number of ketones is 1. The molecule has 1 aliphatic rings. The third-order valence-corrected chi connectivity index (χ3v) is 7.42. The van der Waals surface area contributed by atoms with Crippen molar-refractivity contribution in [2.75, 3.05) is 20.6 Å². The van der Waals surface area contributed by atoms with Gasteiger partial charge >= 0.3 is 0 Å². The van der Waals surface area contributed by atoms with E-state index in [1.54, 1.807) is 12.1 Å². The van der Waals surface area contributed by atoms with E-state index in [-0.39, 0.29) is 44.2 Å². The Balaban J connectivity index is 1.61. The zero-order valence-corrected chi connectivity index (χ0v) is 18.1. The zero-order chi connectivity index (χ0) is 22.2. The molecule has 0 spiro atoms. The van der Waals surface area contributed by atoms with Gasteiger partial charge in [0, 0.05) is 22.3 Å². The standard InChI is InChI=1S/C24H22N2O4S/c1-26(2)20(16-8-4-3-5-9-16)15-25-24(28)17-12-13-19-22(14-17)31(29,30)21-11-7-6-10-18(21)23(19)27/h3-14,20H,15H2,1-2H3,(H,25,28)/p+1/t20-/m1/s1. The van der Waals surface area contributed by atoms with Crippen LogP contribution in [0, 0.1) is 0 Å². The van der Waals surface area contributed by atoms with E-state index in [9.17, 15) is 18.0 Å². The number of hydrogen-bond donors (Lipinski definition) is 2. The highest BCUT2D eigenvalue weighted by atomic mass is 32.2. The Hall–Kier alpha value is -3.29. The van der Waals surface area contributed by atoms with Crippen LogP contribution in [0.3, 0.4) is 0 Å². The minimum Gasteiger partial charge on any atom is -0.346 e. The third kappa shape index (κ3) is 3.78. The van der Waals surface area contributed by atoms with Crippen LogP contribution >= 0.6 is 0 Å². The first kappa shape index (κ1) is 21.0. The number of nitrogens with one attached hydrogen (secondary N) is 2. The number of carbonyl (C=O) groups excluding carboxylic acids is 2. The largest absolute Gasteiger partial charge is 0.346 e. The molecule has 2 N–H and O–H groups in total. The molecular weight excluding hydrogens is 412 g/mol. The lowest BCUT2D eigenvalue weighted by Crippen LogP contribution is -3.07. The summed E-state index contributed by atoms with van der Waals surface area (Å²) in [6.45, 7) is 0.386. The molecule has 0 unspecified atom stereocenters. The van der Waals surface area contributed by atoms with Crippen molar-refractivity contribution in [3.63, 3.8) is 0 Å². The number of sulfone groups is 1. The number of fused-ring (bicyclic) bond motifs is 2. The van der Waals surface area contributed by atoms with E-state index in [1.807, 2.05) is 44.4 Å². The van der Waals surface area contributed by atoms with E-state index >= 15 is 0 Å². The van der Waals surface area contributed by atoms with Gasteiger partial charge in [0.1, 0.15) is 6.04 Å². The number of rotatable bonds is 5. The number of hydrogen-bond acceptors (Lipinski definition) is 4. The van der Waals surface area contributed by atoms with Crippen LogP contribution in [0.15, 0.2) is 82.6 Å². The van der Waals surface area contributed by atoms with Crippen LogP contribution in [-0.2, 0) is 9.84 Å². The molecule has 3 aromatic rings.